The topological polar surface area (TPSA) is 17.3 Å². The van der Waals surface area contributed by atoms with E-state index in [0.29, 0.717) is 5.92 Å². The quantitative estimate of drug-likeness (QED) is 0.493. The van der Waals surface area contributed by atoms with Crippen LogP contribution in [0.1, 0.15) is 29.9 Å². The molecule has 0 radical (unpaired) electrons. The second-order valence-electron chi connectivity index (χ2n) is 5.81. The van der Waals surface area contributed by atoms with Crippen LogP contribution < -0.4 is 0 Å². The van der Waals surface area contributed by atoms with Crippen molar-refractivity contribution in [2.45, 2.75) is 24.9 Å². The zero-order valence-corrected chi connectivity index (χ0v) is 14.1. The van der Waals surface area contributed by atoms with Gasteiger partial charge >= 0.3 is 6.18 Å². The lowest BCUT2D eigenvalue weighted by molar-refractivity contribution is -0.137. The fourth-order valence-electron chi connectivity index (χ4n) is 2.79. The van der Waals surface area contributed by atoms with E-state index in [1.165, 1.54) is 17.7 Å². The first-order chi connectivity index (χ1) is 10.9. The molecule has 2 aromatic heterocycles. The second kappa shape index (κ2) is 5.22. The summed E-state index contributed by atoms with van der Waals surface area (Å²) in [6.07, 6.45) is 1.75. The third kappa shape index (κ3) is 2.73. The Bertz CT molecular complexity index is 877. The number of halogens is 4. The van der Waals surface area contributed by atoms with E-state index in [9.17, 15) is 13.2 Å². The molecule has 1 aliphatic carbocycles. The predicted octanol–water partition coefficient (Wildman–Crippen LogP) is 5.50. The molecule has 0 atom stereocenters. The van der Waals surface area contributed by atoms with Crippen LogP contribution in [0.3, 0.4) is 0 Å². The lowest BCUT2D eigenvalue weighted by Crippen LogP contribution is -2.04. The average Bonchev–Trinajstić information content (AvgIpc) is 3.30. The number of pyridine rings is 1. The van der Waals surface area contributed by atoms with Gasteiger partial charge in [0.2, 0.25) is 0 Å². The van der Waals surface area contributed by atoms with Crippen LogP contribution >= 0.6 is 22.6 Å². The third-order valence-electron chi connectivity index (χ3n) is 4.15. The fraction of sp³-hybridized carbons (Fsp3) is 0.235. The maximum absolute atomic E-state index is 12.7. The highest BCUT2D eigenvalue weighted by molar-refractivity contribution is 14.1. The molecule has 23 heavy (non-hydrogen) atoms. The minimum atomic E-state index is -4.30. The number of imidazole rings is 1. The number of benzene rings is 1. The van der Waals surface area contributed by atoms with Crippen LogP contribution in [0, 0.1) is 3.70 Å². The van der Waals surface area contributed by atoms with Gasteiger partial charge in [-0.15, -0.1) is 0 Å². The van der Waals surface area contributed by atoms with Gasteiger partial charge in [-0.05, 0) is 76.2 Å². The van der Waals surface area contributed by atoms with E-state index in [2.05, 4.69) is 33.6 Å². The molecule has 0 amide bonds. The Morgan fingerprint density at radius 2 is 1.78 bits per heavy atom. The van der Waals surface area contributed by atoms with Crippen LogP contribution in [0.15, 0.2) is 42.7 Å². The lowest BCUT2D eigenvalue weighted by atomic mass is 10.0. The van der Waals surface area contributed by atoms with Crippen molar-refractivity contribution in [3.63, 3.8) is 0 Å². The number of aromatic nitrogens is 2. The van der Waals surface area contributed by atoms with Gasteiger partial charge in [0, 0.05) is 6.20 Å². The first-order valence-electron chi connectivity index (χ1n) is 7.27. The summed E-state index contributed by atoms with van der Waals surface area (Å²) in [4.78, 5) is 4.47. The van der Waals surface area contributed by atoms with E-state index in [-0.39, 0.29) is 0 Å². The first kappa shape index (κ1) is 15.0. The summed E-state index contributed by atoms with van der Waals surface area (Å²) >= 11 is 2.22. The van der Waals surface area contributed by atoms with E-state index in [1.807, 2.05) is 16.8 Å². The third-order valence-corrected chi connectivity index (χ3v) is 4.95. The largest absolute Gasteiger partial charge is 0.416 e. The zero-order chi connectivity index (χ0) is 16.2. The molecule has 4 rings (SSSR count). The average molecular weight is 428 g/mol. The summed E-state index contributed by atoms with van der Waals surface area (Å²) in [6, 6.07) is 7.40. The molecule has 1 aliphatic rings. The zero-order valence-electron chi connectivity index (χ0n) is 11.9. The Balaban J connectivity index is 1.83. The Kier molecular flexibility index (Phi) is 3.40. The number of rotatable bonds is 2. The molecule has 118 valence electrons. The molecule has 0 spiro atoms. The van der Waals surface area contributed by atoms with Crippen molar-refractivity contribution in [2.24, 2.45) is 0 Å². The van der Waals surface area contributed by atoms with Crippen molar-refractivity contribution in [1.29, 1.82) is 0 Å². The van der Waals surface area contributed by atoms with Crippen LogP contribution in [0.5, 0.6) is 0 Å². The van der Waals surface area contributed by atoms with Gasteiger partial charge in [0.05, 0.1) is 11.8 Å². The summed E-state index contributed by atoms with van der Waals surface area (Å²) in [6.45, 7) is 0. The van der Waals surface area contributed by atoms with Crippen molar-refractivity contribution < 1.29 is 13.2 Å². The maximum Gasteiger partial charge on any atom is 0.416 e. The van der Waals surface area contributed by atoms with Gasteiger partial charge in [0.1, 0.15) is 9.35 Å². The molecule has 1 fully saturated rings. The molecule has 6 heteroatoms. The molecule has 0 unspecified atom stereocenters. The normalized spacial score (nSPS) is 15.3. The summed E-state index contributed by atoms with van der Waals surface area (Å²) in [5.74, 6) is 0.519. The van der Waals surface area contributed by atoms with Crippen molar-refractivity contribution >= 4 is 28.2 Å². The number of nitrogens with zero attached hydrogens (tertiary/aromatic N) is 2. The molecular weight excluding hydrogens is 416 g/mol. The number of hydrogen-bond acceptors (Lipinski definition) is 1. The molecule has 0 aliphatic heterocycles. The van der Waals surface area contributed by atoms with E-state index in [1.54, 1.807) is 0 Å². The molecule has 0 N–H and O–H groups in total. The number of fused-ring (bicyclic) bond motifs is 1. The Morgan fingerprint density at radius 1 is 1.09 bits per heavy atom. The Labute approximate surface area is 144 Å². The minimum absolute atomic E-state index is 0.519. The van der Waals surface area contributed by atoms with Crippen molar-refractivity contribution in [3.05, 3.63) is 57.6 Å². The molecule has 0 bridgehead atoms. The molecule has 0 saturated heterocycles. The maximum atomic E-state index is 12.7. The summed E-state index contributed by atoms with van der Waals surface area (Å²) < 4.78 is 41.1. The molecule has 2 nitrogen and oxygen atoms in total. The van der Waals surface area contributed by atoms with Crippen LogP contribution in [0.2, 0.25) is 0 Å². The monoisotopic (exact) mass is 428 g/mol. The minimum Gasteiger partial charge on any atom is -0.294 e. The summed E-state index contributed by atoms with van der Waals surface area (Å²) in [5.41, 5.74) is 3.22. The smallest absolute Gasteiger partial charge is 0.294 e. The number of alkyl halides is 3. The fourth-order valence-corrected chi connectivity index (χ4v) is 3.30. The summed E-state index contributed by atoms with van der Waals surface area (Å²) in [5, 5.41) is 0. The number of hydrogen-bond donors (Lipinski definition) is 0. The first-order valence-corrected chi connectivity index (χ1v) is 8.35. The van der Waals surface area contributed by atoms with Gasteiger partial charge in [-0.3, -0.25) is 4.40 Å². The Hall–Kier alpha value is -1.57. The van der Waals surface area contributed by atoms with E-state index < -0.39 is 11.7 Å². The summed E-state index contributed by atoms with van der Waals surface area (Å²) in [7, 11) is 0. The Morgan fingerprint density at radius 3 is 2.39 bits per heavy atom. The van der Waals surface area contributed by atoms with Crippen LogP contribution in [0.25, 0.3) is 16.8 Å². The highest BCUT2D eigenvalue weighted by Crippen LogP contribution is 2.43. The van der Waals surface area contributed by atoms with Crippen molar-refractivity contribution in [3.8, 4) is 11.1 Å². The van der Waals surface area contributed by atoms with Crippen molar-refractivity contribution in [1.82, 2.24) is 9.38 Å². The SMILES string of the molecule is FC(F)(F)c1ccc(-c2cc(C3CC3)c3ncc(I)n3c2)cc1. The molecule has 2 heterocycles. The lowest BCUT2D eigenvalue weighted by Gasteiger charge is -2.10. The van der Waals surface area contributed by atoms with Crippen LogP contribution in [0.4, 0.5) is 13.2 Å². The van der Waals surface area contributed by atoms with Crippen LogP contribution in [-0.2, 0) is 6.18 Å². The predicted molar refractivity (Wildman–Crippen MR) is 90.3 cm³/mol. The highest BCUT2D eigenvalue weighted by Gasteiger charge is 2.30. The van der Waals surface area contributed by atoms with Gasteiger partial charge in [-0.2, -0.15) is 13.2 Å². The molecular formula is C17H12F3IN2. The second-order valence-corrected chi connectivity index (χ2v) is 6.91. The van der Waals surface area contributed by atoms with E-state index in [4.69, 9.17) is 0 Å². The van der Waals surface area contributed by atoms with Gasteiger partial charge < -0.3 is 0 Å². The van der Waals surface area contributed by atoms with Gasteiger partial charge in [0.25, 0.3) is 0 Å². The molecule has 1 aromatic carbocycles. The standard InChI is InChI=1S/C17H12F3IN2/c18-17(19,20)13-5-3-10(4-6-13)12-7-14(11-1-2-11)16-22-8-15(21)23(16)9-12/h3-9,11H,1-2H2. The molecule has 3 aromatic rings. The van der Waals surface area contributed by atoms with Crippen molar-refractivity contribution in [2.75, 3.05) is 0 Å². The highest BCUT2D eigenvalue weighted by atomic mass is 127. The molecule has 1 saturated carbocycles. The van der Waals surface area contributed by atoms with Gasteiger partial charge in [-0.1, -0.05) is 12.1 Å². The van der Waals surface area contributed by atoms with E-state index >= 15 is 0 Å². The van der Waals surface area contributed by atoms with Crippen LogP contribution in [-0.4, -0.2) is 9.38 Å². The van der Waals surface area contributed by atoms with Gasteiger partial charge in [-0.25, -0.2) is 4.98 Å². The van der Waals surface area contributed by atoms with Gasteiger partial charge in [0.15, 0.2) is 0 Å². The van der Waals surface area contributed by atoms with E-state index in [0.717, 1.165) is 45.4 Å².